The van der Waals surface area contributed by atoms with Gasteiger partial charge in [-0.3, -0.25) is 4.79 Å². The molecule has 2 heterocycles. The number of amides is 1. The monoisotopic (exact) mass is 379 g/mol. The first kappa shape index (κ1) is 18.1. The first-order chi connectivity index (χ1) is 13.2. The predicted octanol–water partition coefficient (Wildman–Crippen LogP) is 4.35. The number of benzene rings is 2. The number of nitrogens with one attached hydrogen (secondary N) is 1. The van der Waals surface area contributed by atoms with Gasteiger partial charge in [0, 0.05) is 25.0 Å². The van der Waals surface area contributed by atoms with Crippen molar-refractivity contribution in [3.8, 4) is 0 Å². The molecule has 0 saturated carbocycles. The molecular formula is C22H25N3OS. The van der Waals surface area contributed by atoms with Crippen molar-refractivity contribution in [2.24, 2.45) is 0 Å². The molecule has 0 unspecified atom stereocenters. The number of rotatable bonds is 5. The zero-order chi connectivity index (χ0) is 18.6. The molecule has 1 saturated heterocycles. The molecule has 5 heteroatoms. The van der Waals surface area contributed by atoms with Crippen LogP contribution in [0.5, 0.6) is 0 Å². The number of fused-ring (bicyclic) bond motifs is 1. The number of piperidine rings is 1. The summed E-state index contributed by atoms with van der Waals surface area (Å²) < 4.78 is 1.25. The summed E-state index contributed by atoms with van der Waals surface area (Å²) in [5.41, 5.74) is 2.30. The normalized spacial score (nSPS) is 16.6. The van der Waals surface area contributed by atoms with Crippen LogP contribution in [0, 0.1) is 0 Å². The summed E-state index contributed by atoms with van der Waals surface area (Å²) in [5, 5.41) is 4.58. The Bertz CT molecular complexity index is 867. The average Bonchev–Trinajstić information content (AvgIpc) is 3.17. The van der Waals surface area contributed by atoms with Gasteiger partial charge in [-0.2, -0.15) is 0 Å². The van der Waals surface area contributed by atoms with Crippen molar-refractivity contribution in [2.45, 2.75) is 31.7 Å². The summed E-state index contributed by atoms with van der Waals surface area (Å²) in [4.78, 5) is 19.4. The highest BCUT2D eigenvalue weighted by Gasteiger charge is 2.25. The number of para-hydroxylation sites is 1. The lowest BCUT2D eigenvalue weighted by atomic mass is 9.97. The highest BCUT2D eigenvalue weighted by atomic mass is 32.1. The smallest absolute Gasteiger partial charge is 0.236 e. The van der Waals surface area contributed by atoms with Gasteiger partial charge >= 0.3 is 0 Å². The molecule has 4 rings (SSSR count). The van der Waals surface area contributed by atoms with Crippen LogP contribution in [-0.2, 0) is 4.79 Å². The van der Waals surface area contributed by atoms with E-state index in [1.807, 2.05) is 29.2 Å². The van der Waals surface area contributed by atoms with E-state index in [1.165, 1.54) is 15.3 Å². The van der Waals surface area contributed by atoms with Gasteiger partial charge in [0.2, 0.25) is 5.91 Å². The summed E-state index contributed by atoms with van der Waals surface area (Å²) in [7, 11) is 0. The van der Waals surface area contributed by atoms with Gasteiger partial charge in [-0.1, -0.05) is 42.5 Å². The number of hydrogen-bond acceptors (Lipinski definition) is 4. The van der Waals surface area contributed by atoms with Crippen molar-refractivity contribution in [2.75, 3.05) is 19.6 Å². The molecule has 1 aromatic heterocycles. The van der Waals surface area contributed by atoms with E-state index >= 15 is 0 Å². The van der Waals surface area contributed by atoms with E-state index < -0.39 is 0 Å². The van der Waals surface area contributed by atoms with Crippen LogP contribution < -0.4 is 5.32 Å². The number of carbonyl (C=O) groups excluding carboxylic acids is 1. The van der Waals surface area contributed by atoms with Crippen LogP contribution in [0.15, 0.2) is 54.6 Å². The molecule has 1 N–H and O–H groups in total. The molecule has 3 aromatic rings. The van der Waals surface area contributed by atoms with E-state index in [2.05, 4.69) is 42.6 Å². The molecule has 0 radical (unpaired) electrons. The number of nitrogens with zero attached hydrogens (tertiary/aromatic N) is 2. The zero-order valence-electron chi connectivity index (χ0n) is 15.6. The Morgan fingerprint density at radius 3 is 2.59 bits per heavy atom. The third-order valence-electron chi connectivity index (χ3n) is 5.37. The fraction of sp³-hybridized carbons (Fsp3) is 0.364. The van der Waals surface area contributed by atoms with Gasteiger partial charge in [0.25, 0.3) is 0 Å². The van der Waals surface area contributed by atoms with Crippen molar-refractivity contribution in [1.29, 1.82) is 0 Å². The Balaban J connectivity index is 1.29. The highest BCUT2D eigenvalue weighted by Crippen LogP contribution is 2.33. The summed E-state index contributed by atoms with van der Waals surface area (Å²) in [6.07, 6.45) is 2.00. The molecule has 1 fully saturated rings. The number of hydrogen-bond donors (Lipinski definition) is 1. The minimum Gasteiger partial charge on any atom is -0.342 e. The maximum atomic E-state index is 12.6. The SMILES string of the molecule is C[C@@H](NCC(=O)N1CCC(c2nc3ccccc3s2)CC1)c1ccccc1. The maximum Gasteiger partial charge on any atom is 0.236 e. The third-order valence-corrected chi connectivity index (χ3v) is 6.57. The minimum atomic E-state index is 0.176. The fourth-order valence-corrected chi connectivity index (χ4v) is 4.79. The van der Waals surface area contributed by atoms with Gasteiger partial charge in [-0.05, 0) is 37.5 Å². The standard InChI is InChI=1S/C22H25N3OS/c1-16(17-7-3-2-4-8-17)23-15-21(26)25-13-11-18(12-14-25)22-24-19-9-5-6-10-20(19)27-22/h2-10,16,18,23H,11-15H2,1H3/t16-/m1/s1. The molecule has 0 aliphatic carbocycles. The van der Waals surface area contributed by atoms with Gasteiger partial charge in [0.15, 0.2) is 0 Å². The number of aromatic nitrogens is 1. The van der Waals surface area contributed by atoms with Gasteiger partial charge < -0.3 is 10.2 Å². The Morgan fingerprint density at radius 2 is 1.85 bits per heavy atom. The largest absolute Gasteiger partial charge is 0.342 e. The van der Waals surface area contributed by atoms with Crippen LogP contribution in [0.2, 0.25) is 0 Å². The molecule has 1 amide bonds. The second-order valence-electron chi connectivity index (χ2n) is 7.19. The maximum absolute atomic E-state index is 12.6. The van der Waals surface area contributed by atoms with Gasteiger partial charge in [-0.15, -0.1) is 11.3 Å². The minimum absolute atomic E-state index is 0.176. The van der Waals surface area contributed by atoms with E-state index in [9.17, 15) is 4.79 Å². The summed E-state index contributed by atoms with van der Waals surface area (Å²) in [6.45, 7) is 4.13. The Kier molecular flexibility index (Phi) is 5.50. The first-order valence-electron chi connectivity index (χ1n) is 9.62. The predicted molar refractivity (Wildman–Crippen MR) is 111 cm³/mol. The van der Waals surface area contributed by atoms with Crippen LogP contribution in [0.25, 0.3) is 10.2 Å². The third kappa shape index (κ3) is 4.20. The van der Waals surface area contributed by atoms with Crippen molar-refractivity contribution in [3.63, 3.8) is 0 Å². The van der Waals surface area contributed by atoms with E-state index in [1.54, 1.807) is 11.3 Å². The molecule has 27 heavy (non-hydrogen) atoms. The van der Waals surface area contributed by atoms with Crippen molar-refractivity contribution in [3.05, 3.63) is 65.2 Å². The van der Waals surface area contributed by atoms with Gasteiger partial charge in [0.05, 0.1) is 21.8 Å². The molecule has 1 atom stereocenters. The number of carbonyl (C=O) groups is 1. The van der Waals surface area contributed by atoms with Crippen LogP contribution in [0.1, 0.15) is 42.3 Å². The quantitative estimate of drug-likeness (QED) is 0.717. The molecule has 0 spiro atoms. The Morgan fingerprint density at radius 1 is 1.15 bits per heavy atom. The van der Waals surface area contributed by atoms with Crippen LogP contribution >= 0.6 is 11.3 Å². The van der Waals surface area contributed by atoms with E-state index in [-0.39, 0.29) is 11.9 Å². The molecule has 0 bridgehead atoms. The van der Waals surface area contributed by atoms with Crippen molar-refractivity contribution < 1.29 is 4.79 Å². The molecule has 140 valence electrons. The molecule has 1 aliphatic heterocycles. The number of likely N-dealkylation sites (tertiary alicyclic amines) is 1. The summed E-state index contributed by atoms with van der Waals surface area (Å²) in [5.74, 6) is 0.670. The zero-order valence-corrected chi connectivity index (χ0v) is 16.4. The average molecular weight is 380 g/mol. The Labute approximate surface area is 164 Å². The Hall–Kier alpha value is -2.24. The second-order valence-corrected chi connectivity index (χ2v) is 8.25. The van der Waals surface area contributed by atoms with Gasteiger partial charge in [0.1, 0.15) is 0 Å². The summed E-state index contributed by atoms with van der Waals surface area (Å²) >= 11 is 1.80. The fourth-order valence-electron chi connectivity index (χ4n) is 3.65. The molecule has 2 aromatic carbocycles. The van der Waals surface area contributed by atoms with E-state index in [4.69, 9.17) is 4.98 Å². The van der Waals surface area contributed by atoms with Crippen molar-refractivity contribution in [1.82, 2.24) is 15.2 Å². The van der Waals surface area contributed by atoms with E-state index in [0.29, 0.717) is 12.5 Å². The lowest BCUT2D eigenvalue weighted by Crippen LogP contribution is -2.43. The van der Waals surface area contributed by atoms with Crippen LogP contribution in [-0.4, -0.2) is 35.4 Å². The highest BCUT2D eigenvalue weighted by molar-refractivity contribution is 7.18. The van der Waals surface area contributed by atoms with Crippen molar-refractivity contribution >= 4 is 27.5 Å². The lowest BCUT2D eigenvalue weighted by molar-refractivity contribution is -0.131. The molecular weight excluding hydrogens is 354 g/mol. The van der Waals surface area contributed by atoms with Crippen LogP contribution in [0.3, 0.4) is 0 Å². The van der Waals surface area contributed by atoms with E-state index in [0.717, 1.165) is 31.4 Å². The number of thiazole rings is 1. The second kappa shape index (κ2) is 8.19. The van der Waals surface area contributed by atoms with Gasteiger partial charge in [-0.25, -0.2) is 4.98 Å². The first-order valence-corrected chi connectivity index (χ1v) is 10.4. The molecule has 1 aliphatic rings. The summed E-state index contributed by atoms with van der Waals surface area (Å²) in [6, 6.07) is 18.7. The topological polar surface area (TPSA) is 45.2 Å². The molecule has 4 nitrogen and oxygen atoms in total. The lowest BCUT2D eigenvalue weighted by Gasteiger charge is -2.31. The van der Waals surface area contributed by atoms with Crippen LogP contribution in [0.4, 0.5) is 0 Å².